The highest BCUT2D eigenvalue weighted by molar-refractivity contribution is 6.09. The number of nitrogens with one attached hydrogen (secondary N) is 2. The fourth-order valence-corrected chi connectivity index (χ4v) is 2.50. The first-order valence-corrected chi connectivity index (χ1v) is 8.21. The maximum atomic E-state index is 12.4. The second-order valence-corrected chi connectivity index (χ2v) is 5.76. The summed E-state index contributed by atoms with van der Waals surface area (Å²) in [7, 11) is 0. The highest BCUT2D eigenvalue weighted by Gasteiger charge is 2.12. The van der Waals surface area contributed by atoms with Gasteiger partial charge in [-0.05, 0) is 48.5 Å². The Morgan fingerprint density at radius 1 is 0.630 bits per heavy atom. The lowest BCUT2D eigenvalue weighted by Gasteiger charge is -2.10. The standard InChI is InChI=1S/C21H17N3O3/c22-19(25)17-8-4-5-9-18(17)24-21(27)15-10-12-16(13-11-15)23-20(26)14-6-2-1-3-7-14/h1-13H,(H2,22,25)(H,23,26)(H,24,27). The van der Waals surface area contributed by atoms with Crippen molar-refractivity contribution in [1.82, 2.24) is 0 Å². The molecule has 0 aromatic heterocycles. The fraction of sp³-hybridized carbons (Fsp3) is 0. The van der Waals surface area contributed by atoms with Crippen LogP contribution in [0.25, 0.3) is 0 Å². The molecular weight excluding hydrogens is 342 g/mol. The zero-order valence-electron chi connectivity index (χ0n) is 14.3. The van der Waals surface area contributed by atoms with Crippen molar-refractivity contribution in [2.24, 2.45) is 5.73 Å². The van der Waals surface area contributed by atoms with Gasteiger partial charge in [-0.2, -0.15) is 0 Å². The average molecular weight is 359 g/mol. The number of primary amides is 1. The maximum Gasteiger partial charge on any atom is 0.255 e. The Balaban J connectivity index is 1.69. The van der Waals surface area contributed by atoms with E-state index in [-0.39, 0.29) is 17.4 Å². The van der Waals surface area contributed by atoms with Crippen LogP contribution >= 0.6 is 0 Å². The van der Waals surface area contributed by atoms with E-state index in [0.29, 0.717) is 22.5 Å². The van der Waals surface area contributed by atoms with Crippen LogP contribution in [0.3, 0.4) is 0 Å². The number of para-hydroxylation sites is 1. The Hall–Kier alpha value is -3.93. The topological polar surface area (TPSA) is 101 Å². The number of amides is 3. The van der Waals surface area contributed by atoms with Gasteiger partial charge in [-0.1, -0.05) is 30.3 Å². The van der Waals surface area contributed by atoms with Crippen LogP contribution < -0.4 is 16.4 Å². The summed E-state index contributed by atoms with van der Waals surface area (Å²) >= 11 is 0. The summed E-state index contributed by atoms with van der Waals surface area (Å²) in [5, 5.41) is 5.43. The molecule has 3 aromatic carbocycles. The third-order valence-corrected chi connectivity index (χ3v) is 3.88. The minimum atomic E-state index is -0.620. The number of hydrogen-bond donors (Lipinski definition) is 3. The second-order valence-electron chi connectivity index (χ2n) is 5.76. The predicted octanol–water partition coefficient (Wildman–Crippen LogP) is 3.29. The maximum absolute atomic E-state index is 12.4. The summed E-state index contributed by atoms with van der Waals surface area (Å²) in [6.45, 7) is 0. The molecule has 0 aliphatic carbocycles. The third-order valence-electron chi connectivity index (χ3n) is 3.88. The van der Waals surface area contributed by atoms with Crippen LogP contribution in [0, 0.1) is 0 Å². The van der Waals surface area contributed by atoms with E-state index < -0.39 is 5.91 Å². The van der Waals surface area contributed by atoms with Crippen molar-refractivity contribution in [2.45, 2.75) is 0 Å². The fourth-order valence-electron chi connectivity index (χ4n) is 2.50. The molecule has 6 heteroatoms. The van der Waals surface area contributed by atoms with E-state index in [2.05, 4.69) is 10.6 Å². The molecule has 3 aromatic rings. The molecule has 0 atom stereocenters. The van der Waals surface area contributed by atoms with Gasteiger partial charge in [0, 0.05) is 16.8 Å². The van der Waals surface area contributed by atoms with Crippen LogP contribution in [0.5, 0.6) is 0 Å². The molecule has 4 N–H and O–H groups in total. The van der Waals surface area contributed by atoms with Gasteiger partial charge in [0.05, 0.1) is 11.3 Å². The molecule has 0 bridgehead atoms. The molecule has 134 valence electrons. The van der Waals surface area contributed by atoms with Gasteiger partial charge in [-0.25, -0.2) is 0 Å². The molecular formula is C21H17N3O3. The molecule has 0 saturated carbocycles. The van der Waals surface area contributed by atoms with E-state index in [1.807, 2.05) is 6.07 Å². The highest BCUT2D eigenvalue weighted by Crippen LogP contribution is 2.17. The second kappa shape index (κ2) is 7.97. The van der Waals surface area contributed by atoms with Crippen LogP contribution in [0.15, 0.2) is 78.9 Å². The third kappa shape index (κ3) is 4.38. The van der Waals surface area contributed by atoms with Crippen molar-refractivity contribution in [1.29, 1.82) is 0 Å². The number of carbonyl (C=O) groups is 3. The van der Waals surface area contributed by atoms with Crippen molar-refractivity contribution in [3.63, 3.8) is 0 Å². The van der Waals surface area contributed by atoms with Crippen molar-refractivity contribution in [3.05, 3.63) is 95.6 Å². The van der Waals surface area contributed by atoms with Crippen molar-refractivity contribution >= 4 is 29.1 Å². The van der Waals surface area contributed by atoms with Gasteiger partial charge < -0.3 is 16.4 Å². The van der Waals surface area contributed by atoms with E-state index in [1.165, 1.54) is 0 Å². The molecule has 0 unspecified atom stereocenters. The number of carbonyl (C=O) groups excluding carboxylic acids is 3. The highest BCUT2D eigenvalue weighted by atomic mass is 16.2. The molecule has 0 heterocycles. The molecule has 27 heavy (non-hydrogen) atoms. The van der Waals surface area contributed by atoms with Crippen LogP contribution in [-0.2, 0) is 0 Å². The van der Waals surface area contributed by atoms with E-state index in [9.17, 15) is 14.4 Å². The Kier molecular flexibility index (Phi) is 5.28. The van der Waals surface area contributed by atoms with E-state index in [4.69, 9.17) is 5.73 Å². The number of hydrogen-bond acceptors (Lipinski definition) is 3. The first-order chi connectivity index (χ1) is 13.0. The minimum Gasteiger partial charge on any atom is -0.366 e. The van der Waals surface area contributed by atoms with Crippen molar-refractivity contribution in [3.8, 4) is 0 Å². The number of anilines is 2. The first-order valence-electron chi connectivity index (χ1n) is 8.21. The summed E-state index contributed by atoms with van der Waals surface area (Å²) in [4.78, 5) is 36.0. The van der Waals surface area contributed by atoms with E-state index >= 15 is 0 Å². The van der Waals surface area contributed by atoms with Crippen molar-refractivity contribution < 1.29 is 14.4 Å². The summed E-state index contributed by atoms with van der Waals surface area (Å²) < 4.78 is 0. The van der Waals surface area contributed by atoms with Crippen LogP contribution in [0.4, 0.5) is 11.4 Å². The largest absolute Gasteiger partial charge is 0.366 e. The first kappa shape index (κ1) is 17.9. The van der Waals surface area contributed by atoms with Gasteiger partial charge in [0.2, 0.25) is 0 Å². The zero-order chi connectivity index (χ0) is 19.2. The number of nitrogens with two attached hydrogens (primary N) is 1. The molecule has 3 rings (SSSR count). The molecule has 0 saturated heterocycles. The van der Waals surface area contributed by atoms with E-state index in [1.54, 1.807) is 72.8 Å². The lowest BCUT2D eigenvalue weighted by molar-refractivity contribution is 0.0998. The number of benzene rings is 3. The lowest BCUT2D eigenvalue weighted by atomic mass is 10.1. The molecule has 0 radical (unpaired) electrons. The quantitative estimate of drug-likeness (QED) is 0.651. The SMILES string of the molecule is NC(=O)c1ccccc1NC(=O)c1ccc(NC(=O)c2ccccc2)cc1. The molecule has 0 fully saturated rings. The van der Waals surface area contributed by atoms with E-state index in [0.717, 1.165) is 0 Å². The van der Waals surface area contributed by atoms with Crippen LogP contribution in [-0.4, -0.2) is 17.7 Å². The van der Waals surface area contributed by atoms with Gasteiger partial charge >= 0.3 is 0 Å². The van der Waals surface area contributed by atoms with Crippen LogP contribution in [0.1, 0.15) is 31.1 Å². The molecule has 0 aliphatic heterocycles. The van der Waals surface area contributed by atoms with Crippen molar-refractivity contribution in [2.75, 3.05) is 10.6 Å². The number of rotatable bonds is 5. The van der Waals surface area contributed by atoms with Gasteiger partial charge in [-0.15, -0.1) is 0 Å². The lowest BCUT2D eigenvalue weighted by Crippen LogP contribution is -2.18. The minimum absolute atomic E-state index is 0.233. The molecule has 0 aliphatic rings. The Morgan fingerprint density at radius 2 is 1.19 bits per heavy atom. The van der Waals surface area contributed by atoms with Crippen LogP contribution in [0.2, 0.25) is 0 Å². The summed E-state index contributed by atoms with van der Waals surface area (Å²) in [5.41, 5.74) is 7.38. The monoisotopic (exact) mass is 359 g/mol. The summed E-state index contributed by atoms with van der Waals surface area (Å²) in [6.07, 6.45) is 0. The summed E-state index contributed by atoms with van der Waals surface area (Å²) in [5.74, 6) is -1.24. The molecule has 3 amide bonds. The van der Waals surface area contributed by atoms with Gasteiger partial charge in [-0.3, -0.25) is 14.4 Å². The molecule has 6 nitrogen and oxygen atoms in total. The summed E-state index contributed by atoms with van der Waals surface area (Å²) in [6, 6.07) is 21.8. The Labute approximate surface area is 156 Å². The average Bonchev–Trinajstić information content (AvgIpc) is 2.69. The zero-order valence-corrected chi connectivity index (χ0v) is 14.3. The Morgan fingerprint density at radius 3 is 1.85 bits per heavy atom. The van der Waals surface area contributed by atoms with Gasteiger partial charge in [0.15, 0.2) is 0 Å². The van der Waals surface area contributed by atoms with Gasteiger partial charge in [0.25, 0.3) is 17.7 Å². The molecule has 0 spiro atoms. The smallest absolute Gasteiger partial charge is 0.255 e. The predicted molar refractivity (Wildman–Crippen MR) is 104 cm³/mol. The normalized spacial score (nSPS) is 10.1. The Bertz CT molecular complexity index is 983. The van der Waals surface area contributed by atoms with Gasteiger partial charge in [0.1, 0.15) is 0 Å².